The van der Waals surface area contributed by atoms with Crippen molar-refractivity contribution in [3.05, 3.63) is 65.7 Å². The first-order chi connectivity index (χ1) is 13.8. The maximum absolute atomic E-state index is 12.0. The van der Waals surface area contributed by atoms with E-state index >= 15 is 0 Å². The van der Waals surface area contributed by atoms with Gasteiger partial charge in [0.2, 0.25) is 5.91 Å². The Bertz CT molecular complexity index is 817. The van der Waals surface area contributed by atoms with Crippen LogP contribution in [0.2, 0.25) is 0 Å². The molecule has 0 fully saturated rings. The van der Waals surface area contributed by atoms with Gasteiger partial charge in [-0.3, -0.25) is 4.79 Å². The molecule has 0 unspecified atom stereocenters. The highest BCUT2D eigenvalue weighted by Crippen LogP contribution is 2.25. The number of carbonyl (C=O) groups excluding carboxylic acids is 1. The second-order valence-corrected chi connectivity index (χ2v) is 7.76. The van der Waals surface area contributed by atoms with Gasteiger partial charge >= 0.3 is 0 Å². The summed E-state index contributed by atoms with van der Waals surface area (Å²) in [6.45, 7) is 5.69. The highest BCUT2D eigenvalue weighted by atomic mass is 16.5. The van der Waals surface area contributed by atoms with Crippen LogP contribution < -0.4 is 15.4 Å². The van der Waals surface area contributed by atoms with Crippen LogP contribution in [0.4, 0.5) is 0 Å². The van der Waals surface area contributed by atoms with E-state index in [1.54, 1.807) is 26.1 Å². The van der Waals surface area contributed by atoms with E-state index in [-0.39, 0.29) is 17.9 Å². The molecule has 6 heteroatoms. The molecule has 156 valence electrons. The van der Waals surface area contributed by atoms with Gasteiger partial charge in [0, 0.05) is 26.1 Å². The highest BCUT2D eigenvalue weighted by Gasteiger charge is 2.21. The van der Waals surface area contributed by atoms with Crippen molar-refractivity contribution in [2.75, 3.05) is 34.3 Å². The lowest BCUT2D eigenvalue weighted by Gasteiger charge is -2.27. The van der Waals surface area contributed by atoms with Crippen molar-refractivity contribution in [2.45, 2.75) is 25.8 Å². The number of hydrogen-bond acceptors (Lipinski definition) is 3. The number of hydrogen-bond donors (Lipinski definition) is 2. The molecule has 2 aromatic carbocycles. The van der Waals surface area contributed by atoms with E-state index in [0.717, 1.165) is 16.9 Å². The fourth-order valence-corrected chi connectivity index (χ4v) is 2.70. The SMILES string of the molecule is COc1cccc(C(C)(C)CNC(=NCc2ccccc2)NCC(=O)N(C)C)c1. The standard InChI is InChI=1S/C23H32N4O2/c1-23(2,19-12-9-13-20(14-19)29-5)17-26-22(25-16-21(28)27(3)4)24-15-18-10-7-6-8-11-18/h6-14H,15-17H2,1-5H3,(H2,24,25,26). The quantitative estimate of drug-likeness (QED) is 0.532. The fraction of sp³-hybridized carbons (Fsp3) is 0.391. The lowest BCUT2D eigenvalue weighted by molar-refractivity contribution is -0.127. The molecular weight excluding hydrogens is 364 g/mol. The third-order valence-corrected chi connectivity index (χ3v) is 4.72. The Morgan fingerprint density at radius 3 is 2.45 bits per heavy atom. The predicted octanol–water partition coefficient (Wildman–Crippen LogP) is 2.80. The normalized spacial score (nSPS) is 11.7. The lowest BCUT2D eigenvalue weighted by atomic mass is 9.84. The molecule has 1 amide bonds. The Balaban J connectivity index is 2.09. The van der Waals surface area contributed by atoms with Crippen molar-refractivity contribution < 1.29 is 9.53 Å². The average molecular weight is 397 g/mol. The van der Waals surface area contributed by atoms with Gasteiger partial charge in [0.1, 0.15) is 5.75 Å². The van der Waals surface area contributed by atoms with E-state index in [1.165, 1.54) is 0 Å². The van der Waals surface area contributed by atoms with Crippen LogP contribution in [-0.4, -0.2) is 51.1 Å². The molecule has 2 aromatic rings. The number of nitrogens with zero attached hydrogens (tertiary/aromatic N) is 2. The molecule has 0 aliphatic carbocycles. The van der Waals surface area contributed by atoms with E-state index in [0.29, 0.717) is 19.0 Å². The van der Waals surface area contributed by atoms with Crippen LogP contribution in [0.15, 0.2) is 59.6 Å². The first-order valence-corrected chi connectivity index (χ1v) is 9.72. The van der Waals surface area contributed by atoms with Crippen molar-refractivity contribution >= 4 is 11.9 Å². The minimum Gasteiger partial charge on any atom is -0.497 e. The van der Waals surface area contributed by atoms with Crippen LogP contribution in [0.3, 0.4) is 0 Å². The summed E-state index contributed by atoms with van der Waals surface area (Å²) in [4.78, 5) is 18.2. The minimum atomic E-state index is -0.157. The molecule has 29 heavy (non-hydrogen) atoms. The number of rotatable bonds is 8. The number of nitrogens with one attached hydrogen (secondary N) is 2. The number of amides is 1. The zero-order chi connectivity index (χ0) is 21.3. The molecule has 6 nitrogen and oxygen atoms in total. The second kappa shape index (κ2) is 10.5. The molecule has 0 radical (unpaired) electrons. The van der Waals surface area contributed by atoms with Crippen molar-refractivity contribution in [1.82, 2.24) is 15.5 Å². The van der Waals surface area contributed by atoms with Crippen LogP contribution in [0, 0.1) is 0 Å². The van der Waals surface area contributed by atoms with Crippen molar-refractivity contribution in [3.8, 4) is 5.75 Å². The van der Waals surface area contributed by atoms with Gasteiger partial charge in [-0.15, -0.1) is 0 Å². The maximum Gasteiger partial charge on any atom is 0.241 e. The Labute approximate surface area is 174 Å². The molecule has 2 N–H and O–H groups in total. The summed E-state index contributed by atoms with van der Waals surface area (Å²) in [5.74, 6) is 1.44. The van der Waals surface area contributed by atoms with Gasteiger partial charge in [-0.1, -0.05) is 56.3 Å². The summed E-state index contributed by atoms with van der Waals surface area (Å²) in [6, 6.07) is 18.1. The zero-order valence-electron chi connectivity index (χ0n) is 18.0. The molecule has 2 rings (SSSR count). The summed E-state index contributed by atoms with van der Waals surface area (Å²) in [7, 11) is 5.15. The average Bonchev–Trinajstić information content (AvgIpc) is 2.73. The summed E-state index contributed by atoms with van der Waals surface area (Å²) < 4.78 is 5.35. The van der Waals surface area contributed by atoms with E-state index < -0.39 is 0 Å². The van der Waals surface area contributed by atoms with Crippen LogP contribution >= 0.6 is 0 Å². The van der Waals surface area contributed by atoms with E-state index in [4.69, 9.17) is 4.74 Å². The van der Waals surface area contributed by atoms with Crippen LogP contribution in [0.25, 0.3) is 0 Å². The maximum atomic E-state index is 12.0. The molecule has 0 saturated heterocycles. The van der Waals surface area contributed by atoms with Gasteiger partial charge in [0.15, 0.2) is 5.96 Å². The predicted molar refractivity (Wildman–Crippen MR) is 118 cm³/mol. The summed E-state index contributed by atoms with van der Waals surface area (Å²) >= 11 is 0. The van der Waals surface area contributed by atoms with E-state index in [1.807, 2.05) is 48.5 Å². The summed E-state index contributed by atoms with van der Waals surface area (Å²) in [6.07, 6.45) is 0. The largest absolute Gasteiger partial charge is 0.497 e. The molecule has 0 heterocycles. The van der Waals surface area contributed by atoms with Gasteiger partial charge in [-0.05, 0) is 23.3 Å². The number of aliphatic imine (C=N–C) groups is 1. The Hall–Kier alpha value is -3.02. The number of ether oxygens (including phenoxy) is 1. The topological polar surface area (TPSA) is 66.0 Å². The molecule has 0 aromatic heterocycles. The Morgan fingerprint density at radius 1 is 1.07 bits per heavy atom. The smallest absolute Gasteiger partial charge is 0.241 e. The van der Waals surface area contributed by atoms with Gasteiger partial charge in [0.05, 0.1) is 20.2 Å². The van der Waals surface area contributed by atoms with Crippen LogP contribution in [-0.2, 0) is 16.8 Å². The zero-order valence-corrected chi connectivity index (χ0v) is 18.0. The monoisotopic (exact) mass is 396 g/mol. The number of benzene rings is 2. The van der Waals surface area contributed by atoms with Gasteiger partial charge < -0.3 is 20.3 Å². The van der Waals surface area contributed by atoms with Crippen molar-refractivity contribution in [3.63, 3.8) is 0 Å². The highest BCUT2D eigenvalue weighted by molar-refractivity contribution is 5.86. The fourth-order valence-electron chi connectivity index (χ4n) is 2.70. The molecule has 0 atom stereocenters. The lowest BCUT2D eigenvalue weighted by Crippen LogP contribution is -2.46. The second-order valence-electron chi connectivity index (χ2n) is 7.76. The van der Waals surface area contributed by atoms with Gasteiger partial charge in [0.25, 0.3) is 0 Å². The first kappa shape index (κ1) is 22.3. The molecular formula is C23H32N4O2. The number of guanidine groups is 1. The van der Waals surface area contributed by atoms with Crippen LogP contribution in [0.5, 0.6) is 5.75 Å². The van der Waals surface area contributed by atoms with Crippen molar-refractivity contribution in [2.24, 2.45) is 4.99 Å². The minimum absolute atomic E-state index is 0.00809. The third kappa shape index (κ3) is 7.14. The van der Waals surface area contributed by atoms with Gasteiger partial charge in [-0.25, -0.2) is 4.99 Å². The number of carbonyl (C=O) groups is 1. The summed E-state index contributed by atoms with van der Waals surface area (Å²) in [5.41, 5.74) is 2.12. The number of methoxy groups -OCH3 is 1. The molecule has 0 saturated carbocycles. The first-order valence-electron chi connectivity index (χ1n) is 9.72. The van der Waals surface area contributed by atoms with Crippen LogP contribution in [0.1, 0.15) is 25.0 Å². The Kier molecular flexibility index (Phi) is 8.07. The Morgan fingerprint density at radius 2 is 1.79 bits per heavy atom. The van der Waals surface area contributed by atoms with E-state index in [2.05, 4.69) is 35.5 Å². The molecule has 0 bridgehead atoms. The summed E-state index contributed by atoms with van der Waals surface area (Å²) in [5, 5.41) is 6.53. The van der Waals surface area contributed by atoms with Gasteiger partial charge in [-0.2, -0.15) is 0 Å². The van der Waals surface area contributed by atoms with Crippen molar-refractivity contribution in [1.29, 1.82) is 0 Å². The third-order valence-electron chi connectivity index (χ3n) is 4.72. The molecule has 0 aliphatic rings. The number of likely N-dealkylation sites (N-methyl/N-ethyl adjacent to an activating group) is 1. The molecule has 0 spiro atoms. The molecule has 0 aliphatic heterocycles. The van der Waals surface area contributed by atoms with E-state index in [9.17, 15) is 4.79 Å².